The van der Waals surface area contributed by atoms with Crippen LogP contribution in [0.1, 0.15) is 43.4 Å². The molecule has 0 radical (unpaired) electrons. The van der Waals surface area contributed by atoms with E-state index in [4.69, 9.17) is 9.26 Å². The van der Waals surface area contributed by atoms with Gasteiger partial charge < -0.3 is 19.9 Å². The zero-order chi connectivity index (χ0) is 21.3. The van der Waals surface area contributed by atoms with Crippen LogP contribution in [0.3, 0.4) is 0 Å². The van der Waals surface area contributed by atoms with Crippen LogP contribution >= 0.6 is 0 Å². The minimum absolute atomic E-state index is 0.131. The van der Waals surface area contributed by atoms with Crippen molar-refractivity contribution in [1.82, 2.24) is 20.8 Å². The van der Waals surface area contributed by atoms with Gasteiger partial charge in [0.25, 0.3) is 0 Å². The van der Waals surface area contributed by atoms with Crippen molar-refractivity contribution in [3.63, 3.8) is 0 Å². The van der Waals surface area contributed by atoms with Gasteiger partial charge in [-0.1, -0.05) is 19.0 Å². The Kier molecular flexibility index (Phi) is 8.29. The Hall–Kier alpha value is -2.78. The second-order valence-electron chi connectivity index (χ2n) is 6.09. The van der Waals surface area contributed by atoms with E-state index in [-0.39, 0.29) is 12.5 Å². The molecule has 0 amide bonds. The second-order valence-corrected chi connectivity index (χ2v) is 6.09. The summed E-state index contributed by atoms with van der Waals surface area (Å²) in [5, 5.41) is 10.3. The highest BCUT2D eigenvalue weighted by molar-refractivity contribution is 5.79. The van der Waals surface area contributed by atoms with Crippen LogP contribution in [0.4, 0.5) is 13.2 Å². The van der Waals surface area contributed by atoms with Crippen LogP contribution in [-0.2, 0) is 25.6 Å². The van der Waals surface area contributed by atoms with E-state index in [1.807, 2.05) is 20.8 Å². The van der Waals surface area contributed by atoms with Crippen molar-refractivity contribution in [3.05, 3.63) is 40.9 Å². The van der Waals surface area contributed by atoms with Crippen LogP contribution in [-0.4, -0.2) is 35.8 Å². The predicted molar refractivity (Wildman–Crippen MR) is 103 cm³/mol. The molecule has 0 saturated carbocycles. The van der Waals surface area contributed by atoms with E-state index >= 15 is 0 Å². The molecule has 0 unspecified atom stereocenters. The Morgan fingerprint density at radius 1 is 1.17 bits per heavy atom. The maximum atomic E-state index is 12.5. The molecule has 7 nitrogen and oxygen atoms in total. The molecule has 2 N–H and O–H groups in total. The van der Waals surface area contributed by atoms with Gasteiger partial charge in [0.05, 0.1) is 24.3 Å². The monoisotopic (exact) mass is 413 g/mol. The summed E-state index contributed by atoms with van der Waals surface area (Å²) in [6.45, 7) is 7.71. The van der Waals surface area contributed by atoms with Crippen molar-refractivity contribution in [2.75, 3.05) is 19.7 Å². The van der Waals surface area contributed by atoms with Crippen LogP contribution in [0.2, 0.25) is 0 Å². The predicted octanol–water partition coefficient (Wildman–Crippen LogP) is 3.35. The van der Waals surface area contributed by atoms with Gasteiger partial charge in [0.15, 0.2) is 5.96 Å². The zero-order valence-corrected chi connectivity index (χ0v) is 16.8. The molecule has 0 fully saturated rings. The molecule has 2 rings (SSSR count). The van der Waals surface area contributed by atoms with E-state index in [1.165, 1.54) is 6.07 Å². The number of nitrogens with zero attached hydrogens (tertiary/aromatic N) is 3. The lowest BCUT2D eigenvalue weighted by Gasteiger charge is -2.12. The smallest absolute Gasteiger partial charge is 0.417 e. The van der Waals surface area contributed by atoms with Gasteiger partial charge in [-0.25, -0.2) is 9.98 Å². The highest BCUT2D eigenvalue weighted by Gasteiger charge is 2.30. The molecule has 2 heterocycles. The number of halogens is 3. The number of guanidine groups is 1. The summed E-state index contributed by atoms with van der Waals surface area (Å²) in [4.78, 5) is 8.23. The van der Waals surface area contributed by atoms with Gasteiger partial charge in [-0.3, -0.25) is 0 Å². The molecule has 2 aromatic heterocycles. The molecule has 2 aromatic rings. The number of hydrogen-bond acceptors (Lipinski definition) is 5. The molecule has 0 aromatic carbocycles. The standard InChI is InChI=1S/C19H26F3N5O2/c1-4-15-14(16(5-2)29-27-15)12-26-18(23-6-3)24-9-10-28-17-8-7-13(11-25-17)19(20,21)22/h7-8,11H,4-6,9-10,12H2,1-3H3,(H2,23,24,26). The van der Waals surface area contributed by atoms with Crippen molar-refractivity contribution >= 4 is 5.96 Å². The fourth-order valence-electron chi connectivity index (χ4n) is 2.57. The molecule has 0 spiro atoms. The van der Waals surface area contributed by atoms with Gasteiger partial charge in [-0.2, -0.15) is 13.2 Å². The lowest BCUT2D eigenvalue weighted by atomic mass is 10.1. The third-order valence-corrected chi connectivity index (χ3v) is 4.05. The molecule has 0 bridgehead atoms. The van der Waals surface area contributed by atoms with E-state index in [0.29, 0.717) is 25.6 Å². The van der Waals surface area contributed by atoms with E-state index in [1.54, 1.807) is 0 Å². The summed E-state index contributed by atoms with van der Waals surface area (Å²) in [5.74, 6) is 1.56. The number of nitrogens with one attached hydrogen (secondary N) is 2. The van der Waals surface area contributed by atoms with E-state index in [9.17, 15) is 13.2 Å². The average molecular weight is 413 g/mol. The van der Waals surface area contributed by atoms with Gasteiger partial charge in [-0.05, 0) is 19.4 Å². The van der Waals surface area contributed by atoms with E-state index in [0.717, 1.165) is 42.1 Å². The first kappa shape index (κ1) is 22.5. The number of rotatable bonds is 9. The van der Waals surface area contributed by atoms with Crippen molar-refractivity contribution < 1.29 is 22.4 Å². The van der Waals surface area contributed by atoms with Crippen LogP contribution in [0.25, 0.3) is 0 Å². The Morgan fingerprint density at radius 3 is 2.55 bits per heavy atom. The van der Waals surface area contributed by atoms with Gasteiger partial charge in [0, 0.05) is 30.8 Å². The van der Waals surface area contributed by atoms with E-state index < -0.39 is 11.7 Å². The number of aliphatic imine (C=N–C) groups is 1. The summed E-state index contributed by atoms with van der Waals surface area (Å²) in [5.41, 5.74) is 1.09. The minimum Gasteiger partial charge on any atom is -0.476 e. The van der Waals surface area contributed by atoms with Crippen molar-refractivity contribution in [2.24, 2.45) is 4.99 Å². The number of pyridine rings is 1. The summed E-state index contributed by atoms with van der Waals surface area (Å²) in [6, 6.07) is 2.14. The number of alkyl halides is 3. The molecule has 0 saturated heterocycles. The van der Waals surface area contributed by atoms with Crippen LogP contribution < -0.4 is 15.4 Å². The second kappa shape index (κ2) is 10.7. The third kappa shape index (κ3) is 6.65. The third-order valence-electron chi connectivity index (χ3n) is 4.05. The summed E-state index contributed by atoms with van der Waals surface area (Å²) >= 11 is 0. The summed E-state index contributed by atoms with van der Waals surface area (Å²) in [6.07, 6.45) is -2.14. The Bertz CT molecular complexity index is 767. The largest absolute Gasteiger partial charge is 0.476 e. The van der Waals surface area contributed by atoms with Crippen LogP contribution in [0, 0.1) is 0 Å². The van der Waals surface area contributed by atoms with Gasteiger partial charge in [-0.15, -0.1) is 0 Å². The average Bonchev–Trinajstić information content (AvgIpc) is 3.11. The van der Waals surface area contributed by atoms with Crippen LogP contribution in [0.15, 0.2) is 27.8 Å². The first-order valence-corrected chi connectivity index (χ1v) is 9.53. The minimum atomic E-state index is -4.41. The lowest BCUT2D eigenvalue weighted by molar-refractivity contribution is -0.137. The molecule has 0 aliphatic heterocycles. The summed E-state index contributed by atoms with van der Waals surface area (Å²) in [7, 11) is 0. The molecule has 10 heteroatoms. The summed E-state index contributed by atoms with van der Waals surface area (Å²) < 4.78 is 48.3. The molecular formula is C19H26F3N5O2. The lowest BCUT2D eigenvalue weighted by Crippen LogP contribution is -2.39. The maximum absolute atomic E-state index is 12.5. The highest BCUT2D eigenvalue weighted by atomic mass is 19.4. The van der Waals surface area contributed by atoms with Crippen molar-refractivity contribution in [3.8, 4) is 5.88 Å². The fourth-order valence-corrected chi connectivity index (χ4v) is 2.57. The zero-order valence-electron chi connectivity index (χ0n) is 16.8. The fraction of sp³-hybridized carbons (Fsp3) is 0.526. The van der Waals surface area contributed by atoms with E-state index in [2.05, 4.69) is 25.8 Å². The molecule has 0 atom stereocenters. The maximum Gasteiger partial charge on any atom is 0.417 e. The number of aromatic nitrogens is 2. The molecule has 0 aliphatic rings. The topological polar surface area (TPSA) is 84.6 Å². The molecule has 0 aliphatic carbocycles. The number of hydrogen-bond donors (Lipinski definition) is 2. The SMILES string of the molecule is CCNC(=NCc1c(CC)noc1CC)NCCOc1ccc(C(F)(F)F)cn1. The normalized spacial score (nSPS) is 12.1. The Morgan fingerprint density at radius 2 is 1.97 bits per heavy atom. The molecule has 29 heavy (non-hydrogen) atoms. The van der Waals surface area contributed by atoms with Crippen molar-refractivity contribution in [1.29, 1.82) is 0 Å². The Labute approximate surface area is 167 Å². The van der Waals surface area contributed by atoms with Crippen LogP contribution in [0.5, 0.6) is 5.88 Å². The molecular weight excluding hydrogens is 387 g/mol. The van der Waals surface area contributed by atoms with Gasteiger partial charge in [0.1, 0.15) is 12.4 Å². The highest BCUT2D eigenvalue weighted by Crippen LogP contribution is 2.29. The number of aryl methyl sites for hydroxylation is 2. The van der Waals surface area contributed by atoms with Gasteiger partial charge >= 0.3 is 6.18 Å². The van der Waals surface area contributed by atoms with Crippen molar-refractivity contribution in [2.45, 2.75) is 46.3 Å². The molecule has 160 valence electrons. The quantitative estimate of drug-likeness (QED) is 0.373. The Balaban J connectivity index is 1.88. The first-order valence-electron chi connectivity index (χ1n) is 9.53. The first-order chi connectivity index (χ1) is 13.9. The van der Waals surface area contributed by atoms with Gasteiger partial charge in [0.2, 0.25) is 5.88 Å². The number of ether oxygens (including phenoxy) is 1.